The van der Waals surface area contributed by atoms with E-state index in [1.165, 1.54) is 0 Å². The lowest BCUT2D eigenvalue weighted by Gasteiger charge is -2.13. The van der Waals surface area contributed by atoms with E-state index in [1.807, 2.05) is 0 Å². The Morgan fingerprint density at radius 1 is 0.600 bits per heavy atom. The van der Waals surface area contributed by atoms with Gasteiger partial charge in [-0.3, -0.25) is 9.59 Å². The molecule has 0 rings (SSSR count). The Labute approximate surface area is 136 Å². The van der Waals surface area contributed by atoms with Crippen LogP contribution >= 0.6 is 0 Å². The van der Waals surface area contributed by atoms with Gasteiger partial charge in [-0.2, -0.15) is 0 Å². The van der Waals surface area contributed by atoms with Crippen molar-refractivity contribution in [3.05, 3.63) is 0 Å². The summed E-state index contributed by atoms with van der Waals surface area (Å²) >= 11 is 0. The molecule has 0 bridgehead atoms. The Hall–Kier alpha value is -2.94. The van der Waals surface area contributed by atoms with Crippen molar-refractivity contribution in [2.24, 2.45) is 0 Å². The summed E-state index contributed by atoms with van der Waals surface area (Å²) in [6.45, 7) is 0. The lowest BCUT2D eigenvalue weighted by atomic mass is 10.2. The third-order valence-electron chi connectivity index (χ3n) is 2.30. The summed E-state index contributed by atoms with van der Waals surface area (Å²) in [6.07, 6.45) is -12.0. The van der Waals surface area contributed by atoms with Crippen LogP contribution in [0.25, 0.3) is 0 Å². The van der Waals surface area contributed by atoms with E-state index in [1.54, 1.807) is 0 Å². The zero-order valence-electron chi connectivity index (χ0n) is 12.0. The van der Waals surface area contributed by atoms with Gasteiger partial charge < -0.3 is 40.1 Å². The van der Waals surface area contributed by atoms with Crippen LogP contribution in [-0.4, -0.2) is 90.9 Å². The molecule has 0 heterocycles. The van der Waals surface area contributed by atoms with Crippen LogP contribution in [0.5, 0.6) is 0 Å². The molecule has 14 heteroatoms. The summed E-state index contributed by atoms with van der Waals surface area (Å²) < 4.78 is 7.63. The van der Waals surface area contributed by atoms with E-state index in [4.69, 9.17) is 30.6 Å². The average Bonchev–Trinajstić information content (AvgIpc) is 2.50. The van der Waals surface area contributed by atoms with Crippen LogP contribution in [0.2, 0.25) is 0 Å². The number of aliphatic hydroxyl groups is 4. The Bertz CT molecular complexity index is 529. The molecule has 0 aliphatic rings. The number of hydrogen-bond donors (Lipinski definition) is 6. The molecule has 0 radical (unpaired) electrons. The van der Waals surface area contributed by atoms with Crippen LogP contribution in [0.1, 0.15) is 6.42 Å². The first kappa shape index (κ1) is 22.1. The Morgan fingerprint density at radius 2 is 0.880 bits per heavy atom. The standard InChI is InChI=1S/C11H12O14/c12-2(24-10(22)6(16)4(14)8(18)19)1-3(13)25-11(23)7(17)5(15)9(20)21/h4-7,14-17H,1H2,(H,18,19)(H,20,21). The highest BCUT2D eigenvalue weighted by Crippen LogP contribution is 2.02. The molecule has 140 valence electrons. The molecule has 0 saturated heterocycles. The van der Waals surface area contributed by atoms with Crippen molar-refractivity contribution >= 4 is 35.8 Å². The summed E-state index contributed by atoms with van der Waals surface area (Å²) in [5.74, 6) is -11.3. The van der Waals surface area contributed by atoms with Gasteiger partial charge in [0.2, 0.25) is 0 Å². The summed E-state index contributed by atoms with van der Waals surface area (Å²) in [6, 6.07) is 0. The monoisotopic (exact) mass is 368 g/mol. The van der Waals surface area contributed by atoms with Crippen LogP contribution in [0.3, 0.4) is 0 Å². The van der Waals surface area contributed by atoms with E-state index in [2.05, 4.69) is 9.47 Å². The average molecular weight is 368 g/mol. The first-order valence-electron chi connectivity index (χ1n) is 6.05. The van der Waals surface area contributed by atoms with E-state index in [0.29, 0.717) is 0 Å². The maximum Gasteiger partial charge on any atom is 0.346 e. The highest BCUT2D eigenvalue weighted by Gasteiger charge is 2.35. The molecule has 0 aliphatic carbocycles. The number of hydrogen-bond acceptors (Lipinski definition) is 12. The number of carboxylic acid groups (broad SMARTS) is 2. The molecule has 4 unspecified atom stereocenters. The number of ether oxygens (including phenoxy) is 2. The predicted molar refractivity (Wildman–Crippen MR) is 66.1 cm³/mol. The van der Waals surface area contributed by atoms with Crippen molar-refractivity contribution in [2.75, 3.05) is 0 Å². The SMILES string of the molecule is O=C(CC(=O)OC(=O)C(O)C(O)C(=O)O)OC(=O)C(O)C(O)C(=O)O. The number of rotatable bonds is 8. The van der Waals surface area contributed by atoms with Crippen molar-refractivity contribution < 1.29 is 68.9 Å². The molecule has 0 saturated carbocycles. The van der Waals surface area contributed by atoms with Crippen molar-refractivity contribution in [3.8, 4) is 0 Å². The molecule has 14 nitrogen and oxygen atoms in total. The van der Waals surface area contributed by atoms with Crippen molar-refractivity contribution in [1.82, 2.24) is 0 Å². The van der Waals surface area contributed by atoms with Crippen LogP contribution in [0, 0.1) is 0 Å². The number of esters is 4. The molecule has 0 amide bonds. The Kier molecular flexibility index (Phi) is 8.28. The number of carboxylic acids is 2. The highest BCUT2D eigenvalue weighted by molar-refractivity contribution is 6.01. The number of carbonyl (C=O) groups excluding carboxylic acids is 4. The Morgan fingerprint density at radius 3 is 1.12 bits per heavy atom. The van der Waals surface area contributed by atoms with Crippen LogP contribution < -0.4 is 0 Å². The first-order valence-corrected chi connectivity index (χ1v) is 6.05. The fourth-order valence-corrected chi connectivity index (χ4v) is 1.06. The minimum atomic E-state index is -2.65. The Balaban J connectivity index is 4.55. The third kappa shape index (κ3) is 7.00. The van der Waals surface area contributed by atoms with Gasteiger partial charge in [-0.15, -0.1) is 0 Å². The second-order valence-corrected chi connectivity index (χ2v) is 4.22. The molecule has 0 aromatic heterocycles. The number of aliphatic hydroxyl groups excluding tert-OH is 4. The van der Waals surface area contributed by atoms with E-state index in [0.717, 1.165) is 0 Å². The van der Waals surface area contributed by atoms with Gasteiger partial charge >= 0.3 is 35.8 Å². The normalized spacial score (nSPS) is 15.2. The van der Waals surface area contributed by atoms with Gasteiger partial charge in [-0.25, -0.2) is 19.2 Å². The minimum Gasteiger partial charge on any atom is -0.479 e. The molecule has 0 aromatic carbocycles. The molecule has 25 heavy (non-hydrogen) atoms. The van der Waals surface area contributed by atoms with Gasteiger partial charge in [0.25, 0.3) is 0 Å². The largest absolute Gasteiger partial charge is 0.479 e. The zero-order valence-corrected chi connectivity index (χ0v) is 12.0. The van der Waals surface area contributed by atoms with Gasteiger partial charge in [0.15, 0.2) is 24.4 Å². The minimum absolute atomic E-state index is 1.44. The van der Waals surface area contributed by atoms with Gasteiger partial charge in [0.05, 0.1) is 0 Å². The zero-order chi connectivity index (χ0) is 19.9. The fraction of sp³-hybridized carbons (Fsp3) is 0.455. The van der Waals surface area contributed by atoms with E-state index >= 15 is 0 Å². The summed E-state index contributed by atoms with van der Waals surface area (Å²) in [4.78, 5) is 65.1. The number of aliphatic carboxylic acids is 2. The molecule has 0 spiro atoms. The van der Waals surface area contributed by atoms with Crippen molar-refractivity contribution in [3.63, 3.8) is 0 Å². The molecule has 4 atom stereocenters. The van der Waals surface area contributed by atoms with E-state index in [9.17, 15) is 28.8 Å². The summed E-state index contributed by atoms with van der Waals surface area (Å²) in [5.41, 5.74) is 0. The second kappa shape index (κ2) is 9.38. The van der Waals surface area contributed by atoms with Crippen LogP contribution in [0.4, 0.5) is 0 Å². The third-order valence-corrected chi connectivity index (χ3v) is 2.30. The molecule has 0 fully saturated rings. The first-order chi connectivity index (χ1) is 11.4. The summed E-state index contributed by atoms with van der Waals surface area (Å²) in [7, 11) is 0. The second-order valence-electron chi connectivity index (χ2n) is 4.22. The number of carbonyl (C=O) groups is 6. The van der Waals surface area contributed by atoms with Crippen molar-refractivity contribution in [2.45, 2.75) is 30.8 Å². The quantitative estimate of drug-likeness (QED) is 0.174. The maximum atomic E-state index is 11.2. The highest BCUT2D eigenvalue weighted by atomic mass is 16.6. The van der Waals surface area contributed by atoms with Crippen LogP contribution in [-0.2, 0) is 38.2 Å². The molecular weight excluding hydrogens is 356 g/mol. The molecule has 0 aliphatic heterocycles. The topological polar surface area (TPSA) is 242 Å². The maximum absolute atomic E-state index is 11.2. The van der Waals surface area contributed by atoms with Gasteiger partial charge in [0, 0.05) is 0 Å². The molecular formula is C11H12O14. The van der Waals surface area contributed by atoms with Gasteiger partial charge in [-0.05, 0) is 0 Å². The van der Waals surface area contributed by atoms with Gasteiger partial charge in [-0.1, -0.05) is 0 Å². The van der Waals surface area contributed by atoms with E-state index in [-0.39, 0.29) is 0 Å². The lowest BCUT2D eigenvalue weighted by Crippen LogP contribution is -2.42. The smallest absolute Gasteiger partial charge is 0.346 e. The molecule has 0 aromatic rings. The molecule has 6 N–H and O–H groups in total. The van der Waals surface area contributed by atoms with Crippen LogP contribution in [0.15, 0.2) is 0 Å². The fourth-order valence-electron chi connectivity index (χ4n) is 1.06. The van der Waals surface area contributed by atoms with E-state index < -0.39 is 66.7 Å². The lowest BCUT2D eigenvalue weighted by molar-refractivity contribution is -0.179. The van der Waals surface area contributed by atoms with Gasteiger partial charge in [0.1, 0.15) is 6.42 Å². The predicted octanol–water partition coefficient (Wildman–Crippen LogP) is -4.87. The summed E-state index contributed by atoms with van der Waals surface area (Å²) in [5, 5.41) is 52.4. The van der Waals surface area contributed by atoms with Crippen molar-refractivity contribution in [1.29, 1.82) is 0 Å².